The third-order valence-electron chi connectivity index (χ3n) is 2.67. The molecule has 86 valence electrons. The average Bonchev–Trinajstić information content (AvgIpc) is 2.57. The minimum Gasteiger partial charge on any atom is -0.406 e. The van der Waals surface area contributed by atoms with Crippen LogP contribution in [0.2, 0.25) is 0 Å². The van der Waals surface area contributed by atoms with Gasteiger partial charge in [0, 0.05) is 0 Å². The van der Waals surface area contributed by atoms with Crippen LogP contribution in [-0.4, -0.2) is 6.36 Å². The summed E-state index contributed by atoms with van der Waals surface area (Å²) in [7, 11) is 0. The summed E-state index contributed by atoms with van der Waals surface area (Å²) in [5.41, 5.74) is 3.05. The first-order chi connectivity index (χ1) is 7.49. The Labute approximate surface area is 91.5 Å². The van der Waals surface area contributed by atoms with E-state index in [-0.39, 0.29) is 5.75 Å². The van der Waals surface area contributed by atoms with Gasteiger partial charge in [0.2, 0.25) is 0 Å². The van der Waals surface area contributed by atoms with Crippen LogP contribution in [0.3, 0.4) is 0 Å². The fraction of sp³-hybridized carbons (Fsp3) is 0.333. The largest absolute Gasteiger partial charge is 0.573 e. The van der Waals surface area contributed by atoms with Gasteiger partial charge in [0.05, 0.1) is 0 Å². The summed E-state index contributed by atoms with van der Waals surface area (Å²) in [5, 5.41) is 0. The lowest BCUT2D eigenvalue weighted by Crippen LogP contribution is -2.17. The van der Waals surface area contributed by atoms with Gasteiger partial charge in [-0.1, -0.05) is 12.1 Å². The second-order valence-electron chi connectivity index (χ2n) is 3.68. The highest BCUT2D eigenvalue weighted by molar-refractivity contribution is 5.73. The predicted octanol–water partition coefficient (Wildman–Crippen LogP) is 3.93. The smallest absolute Gasteiger partial charge is 0.406 e. The van der Waals surface area contributed by atoms with Crippen molar-refractivity contribution < 1.29 is 17.9 Å². The molecule has 0 spiro atoms. The van der Waals surface area contributed by atoms with Gasteiger partial charge in [0.25, 0.3) is 0 Å². The summed E-state index contributed by atoms with van der Waals surface area (Å²) in [6.07, 6.45) is -0.908. The fourth-order valence-electron chi connectivity index (χ4n) is 1.97. The van der Waals surface area contributed by atoms with Crippen molar-refractivity contribution in [3.63, 3.8) is 0 Å². The molecule has 0 atom stereocenters. The fourth-order valence-corrected chi connectivity index (χ4v) is 1.97. The molecule has 0 saturated heterocycles. The summed E-state index contributed by atoms with van der Waals surface area (Å²) < 4.78 is 40.0. The molecule has 0 saturated carbocycles. The molecule has 0 amide bonds. The van der Waals surface area contributed by atoms with Crippen molar-refractivity contribution in [1.82, 2.24) is 0 Å². The molecule has 16 heavy (non-hydrogen) atoms. The number of allylic oxidation sites excluding steroid dienone is 2. The molecule has 0 unspecified atom stereocenters. The van der Waals surface area contributed by atoms with Gasteiger partial charge in [-0.05, 0) is 48.6 Å². The zero-order valence-electron chi connectivity index (χ0n) is 8.77. The Kier molecular flexibility index (Phi) is 2.66. The highest BCUT2D eigenvalue weighted by atomic mass is 19.4. The number of ether oxygens (including phenoxy) is 1. The Bertz CT molecular complexity index is 432. The summed E-state index contributed by atoms with van der Waals surface area (Å²) in [6, 6.07) is 4.53. The molecular formula is C12H11F3O. The van der Waals surface area contributed by atoms with Crippen LogP contribution in [0.25, 0.3) is 5.57 Å². The second kappa shape index (κ2) is 3.85. The van der Waals surface area contributed by atoms with Crippen molar-refractivity contribution >= 4 is 5.57 Å². The molecule has 0 fully saturated rings. The number of hydrogen-bond acceptors (Lipinski definition) is 1. The van der Waals surface area contributed by atoms with E-state index in [4.69, 9.17) is 0 Å². The van der Waals surface area contributed by atoms with E-state index in [0.717, 1.165) is 29.5 Å². The molecule has 0 radical (unpaired) electrons. The summed E-state index contributed by atoms with van der Waals surface area (Å²) >= 11 is 0. The van der Waals surface area contributed by atoms with Crippen molar-refractivity contribution in [2.75, 3.05) is 0 Å². The number of rotatable bonds is 1. The number of benzene rings is 1. The van der Waals surface area contributed by atoms with Crippen LogP contribution in [0.1, 0.15) is 24.5 Å². The van der Waals surface area contributed by atoms with E-state index in [0.29, 0.717) is 0 Å². The van der Waals surface area contributed by atoms with Crippen LogP contribution in [-0.2, 0) is 6.42 Å². The van der Waals surface area contributed by atoms with Crippen LogP contribution in [0.5, 0.6) is 5.75 Å². The highest BCUT2D eigenvalue weighted by Crippen LogP contribution is 2.35. The van der Waals surface area contributed by atoms with Crippen LogP contribution < -0.4 is 4.74 Å². The van der Waals surface area contributed by atoms with E-state index in [9.17, 15) is 13.2 Å². The van der Waals surface area contributed by atoms with Crippen molar-refractivity contribution in [2.45, 2.75) is 26.1 Å². The van der Waals surface area contributed by atoms with E-state index in [1.54, 1.807) is 6.07 Å². The third kappa shape index (κ3) is 2.21. The Hall–Kier alpha value is -1.45. The van der Waals surface area contributed by atoms with Crippen molar-refractivity contribution in [3.05, 3.63) is 35.4 Å². The van der Waals surface area contributed by atoms with Crippen LogP contribution in [0.4, 0.5) is 13.2 Å². The normalized spacial score (nSPS) is 17.6. The lowest BCUT2D eigenvalue weighted by atomic mass is 10.1. The van der Waals surface area contributed by atoms with Crippen LogP contribution in [0, 0.1) is 0 Å². The van der Waals surface area contributed by atoms with Crippen LogP contribution >= 0.6 is 0 Å². The molecule has 1 aliphatic carbocycles. The van der Waals surface area contributed by atoms with E-state index in [1.165, 1.54) is 12.1 Å². The lowest BCUT2D eigenvalue weighted by Gasteiger charge is -2.10. The maximum atomic E-state index is 12.0. The summed E-state index contributed by atoms with van der Waals surface area (Å²) in [6.45, 7) is 1.89. The zero-order chi connectivity index (χ0) is 11.8. The minimum atomic E-state index is -4.62. The number of hydrogen-bond donors (Lipinski definition) is 0. The third-order valence-corrected chi connectivity index (χ3v) is 2.67. The molecule has 2 rings (SSSR count). The SMILES string of the molecule is C/C=C1/CCc2ccc(OC(F)(F)F)cc21. The van der Waals surface area contributed by atoms with E-state index < -0.39 is 6.36 Å². The van der Waals surface area contributed by atoms with E-state index in [2.05, 4.69) is 4.74 Å². The van der Waals surface area contributed by atoms with Gasteiger partial charge in [0.1, 0.15) is 5.75 Å². The molecule has 0 bridgehead atoms. The van der Waals surface area contributed by atoms with Gasteiger partial charge in [-0.3, -0.25) is 0 Å². The maximum Gasteiger partial charge on any atom is 0.573 e. The number of alkyl halides is 3. The first kappa shape index (κ1) is 11.0. The van der Waals surface area contributed by atoms with E-state index >= 15 is 0 Å². The van der Waals surface area contributed by atoms with Crippen molar-refractivity contribution in [2.24, 2.45) is 0 Å². The quantitative estimate of drug-likeness (QED) is 0.707. The minimum absolute atomic E-state index is 0.146. The maximum absolute atomic E-state index is 12.0. The Morgan fingerprint density at radius 3 is 2.62 bits per heavy atom. The standard InChI is InChI=1S/C12H11F3O/c1-2-8-3-4-9-5-6-10(7-11(8)9)16-12(13,14)15/h2,5-7H,3-4H2,1H3/b8-2-. The van der Waals surface area contributed by atoms with Gasteiger partial charge in [0.15, 0.2) is 0 Å². The van der Waals surface area contributed by atoms with E-state index in [1.807, 2.05) is 13.0 Å². The summed E-state index contributed by atoms with van der Waals surface area (Å²) in [4.78, 5) is 0. The molecule has 1 aromatic rings. The molecule has 4 heteroatoms. The number of aryl methyl sites for hydroxylation is 1. The van der Waals surface area contributed by atoms with Gasteiger partial charge in [-0.15, -0.1) is 13.2 Å². The Morgan fingerprint density at radius 1 is 1.25 bits per heavy atom. The molecule has 1 aromatic carbocycles. The Morgan fingerprint density at radius 2 is 2.00 bits per heavy atom. The molecule has 0 aromatic heterocycles. The predicted molar refractivity (Wildman–Crippen MR) is 55.1 cm³/mol. The molecular weight excluding hydrogens is 217 g/mol. The highest BCUT2D eigenvalue weighted by Gasteiger charge is 2.31. The zero-order valence-corrected chi connectivity index (χ0v) is 8.77. The topological polar surface area (TPSA) is 9.23 Å². The lowest BCUT2D eigenvalue weighted by molar-refractivity contribution is -0.274. The Balaban J connectivity index is 2.32. The van der Waals surface area contributed by atoms with Crippen LogP contribution in [0.15, 0.2) is 24.3 Å². The molecule has 0 heterocycles. The first-order valence-corrected chi connectivity index (χ1v) is 5.04. The first-order valence-electron chi connectivity index (χ1n) is 5.04. The molecule has 1 aliphatic rings. The summed E-state index contributed by atoms with van der Waals surface area (Å²) in [5.74, 6) is -0.146. The van der Waals surface area contributed by atoms with Crippen molar-refractivity contribution in [3.8, 4) is 5.75 Å². The molecule has 0 N–H and O–H groups in total. The number of halogens is 3. The average molecular weight is 228 g/mol. The van der Waals surface area contributed by atoms with Gasteiger partial charge in [-0.25, -0.2) is 0 Å². The monoisotopic (exact) mass is 228 g/mol. The van der Waals surface area contributed by atoms with Gasteiger partial charge >= 0.3 is 6.36 Å². The van der Waals surface area contributed by atoms with Crippen molar-refractivity contribution in [1.29, 1.82) is 0 Å². The second-order valence-corrected chi connectivity index (χ2v) is 3.68. The molecule has 1 nitrogen and oxygen atoms in total. The van der Waals surface area contributed by atoms with Gasteiger partial charge in [-0.2, -0.15) is 0 Å². The number of fused-ring (bicyclic) bond motifs is 1. The van der Waals surface area contributed by atoms with Gasteiger partial charge < -0.3 is 4.74 Å². The molecule has 0 aliphatic heterocycles.